The molecular weight excluding hydrogens is 575 g/mol. The van der Waals surface area contributed by atoms with E-state index in [4.69, 9.17) is 32.7 Å². The topological polar surface area (TPSA) is 83.1 Å². The number of rotatable bonds is 11. The lowest BCUT2D eigenvalue weighted by atomic mass is 9.94. The maximum absolute atomic E-state index is 12.7. The number of carbonyl (C=O) groups excluding carboxylic acids is 2. The van der Waals surface area contributed by atoms with Gasteiger partial charge in [0.25, 0.3) is 0 Å². The SMILES string of the molecule is O=C(NCc1ccccc1)OCC1Cc2ccc(OCCCCN3CCN(c4cccc(Cl)c4Cl)CC3)cc2NC1=O. The van der Waals surface area contributed by atoms with Crippen LogP contribution in [0.4, 0.5) is 16.2 Å². The van der Waals surface area contributed by atoms with Crippen molar-refractivity contribution in [2.75, 3.05) is 56.2 Å². The maximum atomic E-state index is 12.7. The molecule has 0 aromatic heterocycles. The Morgan fingerprint density at radius 3 is 2.60 bits per heavy atom. The van der Waals surface area contributed by atoms with E-state index in [1.54, 1.807) is 0 Å². The van der Waals surface area contributed by atoms with E-state index in [-0.39, 0.29) is 12.5 Å². The van der Waals surface area contributed by atoms with Crippen molar-refractivity contribution in [2.45, 2.75) is 25.8 Å². The lowest BCUT2D eigenvalue weighted by Crippen LogP contribution is -2.46. The standard InChI is InChI=1S/C32H36Cl2N4O4/c33-27-9-6-10-29(30(27)34)38-16-14-37(15-17-38)13-4-5-18-41-26-12-11-24-19-25(31(39)36-28(24)20-26)22-42-32(40)35-21-23-7-2-1-3-8-23/h1-3,6-12,20,25H,4-5,13-19,21-22H2,(H,35,40)(H,36,39). The third-order valence-electron chi connectivity index (χ3n) is 7.65. The Hall–Kier alpha value is -3.46. The van der Waals surface area contributed by atoms with Gasteiger partial charge in [-0.1, -0.05) is 65.7 Å². The summed E-state index contributed by atoms with van der Waals surface area (Å²) in [5.41, 5.74) is 3.73. The van der Waals surface area contributed by atoms with Crippen LogP contribution < -0.4 is 20.3 Å². The second-order valence-corrected chi connectivity index (χ2v) is 11.4. The lowest BCUT2D eigenvalue weighted by Gasteiger charge is -2.36. The maximum Gasteiger partial charge on any atom is 0.407 e. The predicted molar refractivity (Wildman–Crippen MR) is 167 cm³/mol. The van der Waals surface area contributed by atoms with E-state index in [0.29, 0.717) is 29.6 Å². The predicted octanol–water partition coefficient (Wildman–Crippen LogP) is 6.01. The number of unbranched alkanes of at least 4 members (excludes halogenated alkanes) is 1. The number of piperazine rings is 1. The average molecular weight is 612 g/mol. The largest absolute Gasteiger partial charge is 0.494 e. The summed E-state index contributed by atoms with van der Waals surface area (Å²) in [5, 5.41) is 6.87. The van der Waals surface area contributed by atoms with E-state index in [9.17, 15) is 9.59 Å². The van der Waals surface area contributed by atoms with Crippen molar-refractivity contribution in [3.63, 3.8) is 0 Å². The van der Waals surface area contributed by atoms with Crippen molar-refractivity contribution in [1.82, 2.24) is 10.2 Å². The van der Waals surface area contributed by atoms with Crippen molar-refractivity contribution in [3.8, 4) is 5.75 Å². The number of carbonyl (C=O) groups is 2. The number of benzene rings is 3. The first-order chi connectivity index (χ1) is 20.5. The van der Waals surface area contributed by atoms with Crippen LogP contribution in [0.15, 0.2) is 66.7 Å². The van der Waals surface area contributed by atoms with Crippen LogP contribution in [0.1, 0.15) is 24.0 Å². The molecule has 0 radical (unpaired) electrons. The molecule has 1 unspecified atom stereocenters. The zero-order valence-electron chi connectivity index (χ0n) is 23.5. The van der Waals surface area contributed by atoms with E-state index in [2.05, 4.69) is 20.4 Å². The van der Waals surface area contributed by atoms with E-state index in [0.717, 1.165) is 73.8 Å². The molecule has 2 aliphatic rings. The highest BCUT2D eigenvalue weighted by molar-refractivity contribution is 6.43. The van der Waals surface area contributed by atoms with E-state index >= 15 is 0 Å². The molecule has 1 saturated heterocycles. The first-order valence-corrected chi connectivity index (χ1v) is 15.1. The number of halogens is 2. The zero-order chi connectivity index (χ0) is 29.3. The van der Waals surface area contributed by atoms with E-state index < -0.39 is 12.0 Å². The van der Waals surface area contributed by atoms with Gasteiger partial charge in [0.15, 0.2) is 0 Å². The molecular formula is C32H36Cl2N4O4. The first kappa shape index (κ1) is 30.0. The summed E-state index contributed by atoms with van der Waals surface area (Å²) in [5.74, 6) is 0.139. The molecule has 2 N–H and O–H groups in total. The fourth-order valence-electron chi connectivity index (χ4n) is 5.24. The van der Waals surface area contributed by atoms with Gasteiger partial charge in [-0.15, -0.1) is 0 Å². The number of ether oxygens (including phenoxy) is 2. The number of alkyl carbamates (subject to hydrolysis) is 1. The smallest absolute Gasteiger partial charge is 0.407 e. The first-order valence-electron chi connectivity index (χ1n) is 14.4. The highest BCUT2D eigenvalue weighted by Crippen LogP contribution is 2.33. The summed E-state index contributed by atoms with van der Waals surface area (Å²) in [6.45, 7) is 5.84. The van der Waals surface area contributed by atoms with Gasteiger partial charge in [0.05, 0.1) is 28.3 Å². The fraction of sp³-hybridized carbons (Fsp3) is 0.375. The van der Waals surface area contributed by atoms with Crippen LogP contribution in [0.2, 0.25) is 10.0 Å². The molecule has 10 heteroatoms. The van der Waals surface area contributed by atoms with Gasteiger partial charge in [-0.3, -0.25) is 9.69 Å². The minimum atomic E-state index is -0.536. The molecule has 2 amide bonds. The van der Waals surface area contributed by atoms with Gasteiger partial charge in [-0.25, -0.2) is 4.79 Å². The number of nitrogens with one attached hydrogen (secondary N) is 2. The summed E-state index contributed by atoms with van der Waals surface area (Å²) in [4.78, 5) is 29.5. The second-order valence-electron chi connectivity index (χ2n) is 10.6. The minimum Gasteiger partial charge on any atom is -0.494 e. The number of hydrogen-bond donors (Lipinski definition) is 2. The minimum absolute atomic E-state index is 0.0214. The molecule has 1 fully saturated rings. The molecule has 0 saturated carbocycles. The number of fused-ring (bicyclic) bond motifs is 1. The third kappa shape index (κ3) is 8.09. The van der Waals surface area contributed by atoms with Crippen molar-refractivity contribution >= 4 is 46.6 Å². The summed E-state index contributed by atoms with van der Waals surface area (Å²) < 4.78 is 11.3. The molecule has 3 aromatic carbocycles. The summed E-state index contributed by atoms with van der Waals surface area (Å²) in [6, 6.07) is 21.1. The van der Waals surface area contributed by atoms with Crippen LogP contribution in [0.5, 0.6) is 5.75 Å². The number of amides is 2. The monoisotopic (exact) mass is 610 g/mol. The third-order valence-corrected chi connectivity index (χ3v) is 8.46. The van der Waals surface area contributed by atoms with Crippen LogP contribution in [0.25, 0.3) is 0 Å². The second kappa shape index (κ2) is 14.6. The number of hydrogen-bond acceptors (Lipinski definition) is 6. The molecule has 42 heavy (non-hydrogen) atoms. The Labute approximate surface area is 256 Å². The molecule has 0 spiro atoms. The average Bonchev–Trinajstić information content (AvgIpc) is 3.01. The fourth-order valence-corrected chi connectivity index (χ4v) is 5.66. The van der Waals surface area contributed by atoms with Crippen molar-refractivity contribution in [1.29, 1.82) is 0 Å². The summed E-state index contributed by atoms with van der Waals surface area (Å²) in [7, 11) is 0. The van der Waals surface area contributed by atoms with Crippen molar-refractivity contribution < 1.29 is 19.1 Å². The molecule has 222 valence electrons. The molecule has 0 aliphatic carbocycles. The van der Waals surface area contributed by atoms with Gasteiger partial charge < -0.3 is 25.0 Å². The van der Waals surface area contributed by atoms with Gasteiger partial charge in [0.1, 0.15) is 12.4 Å². The van der Waals surface area contributed by atoms with Crippen LogP contribution in [0, 0.1) is 5.92 Å². The number of anilines is 2. The number of nitrogens with zero attached hydrogens (tertiary/aromatic N) is 2. The molecule has 8 nitrogen and oxygen atoms in total. The molecule has 0 bridgehead atoms. The highest BCUT2D eigenvalue weighted by Gasteiger charge is 2.28. The van der Waals surface area contributed by atoms with Crippen LogP contribution in [0.3, 0.4) is 0 Å². The summed E-state index contributed by atoms with van der Waals surface area (Å²) in [6.07, 6.45) is 1.95. The quantitative estimate of drug-likeness (QED) is 0.259. The molecule has 2 aliphatic heterocycles. The Morgan fingerprint density at radius 2 is 1.79 bits per heavy atom. The van der Waals surface area contributed by atoms with Gasteiger partial charge in [0.2, 0.25) is 5.91 Å². The van der Waals surface area contributed by atoms with Gasteiger partial charge in [-0.2, -0.15) is 0 Å². The Morgan fingerprint density at radius 1 is 0.976 bits per heavy atom. The van der Waals surface area contributed by atoms with E-state index in [1.165, 1.54) is 0 Å². The molecule has 2 heterocycles. The highest BCUT2D eigenvalue weighted by atomic mass is 35.5. The Kier molecular flexibility index (Phi) is 10.5. The summed E-state index contributed by atoms with van der Waals surface area (Å²) >= 11 is 12.6. The zero-order valence-corrected chi connectivity index (χ0v) is 25.0. The molecule has 5 rings (SSSR count). The van der Waals surface area contributed by atoms with Gasteiger partial charge in [-0.05, 0) is 55.1 Å². The molecule has 3 aromatic rings. The lowest BCUT2D eigenvalue weighted by molar-refractivity contribution is -0.121. The Balaban J connectivity index is 0.983. The van der Waals surface area contributed by atoms with Gasteiger partial charge in [0, 0.05) is 44.5 Å². The van der Waals surface area contributed by atoms with Gasteiger partial charge >= 0.3 is 6.09 Å². The Bertz CT molecular complexity index is 1370. The van der Waals surface area contributed by atoms with E-state index in [1.807, 2.05) is 66.7 Å². The van der Waals surface area contributed by atoms with Crippen molar-refractivity contribution in [2.24, 2.45) is 5.92 Å². The van der Waals surface area contributed by atoms with Crippen LogP contribution in [-0.2, 0) is 22.5 Å². The van der Waals surface area contributed by atoms with Crippen LogP contribution in [-0.4, -0.2) is 62.8 Å². The normalized spacial score (nSPS) is 16.9. The molecule has 1 atom stereocenters. The van der Waals surface area contributed by atoms with Crippen molar-refractivity contribution in [3.05, 3.63) is 87.9 Å². The van der Waals surface area contributed by atoms with Crippen LogP contribution >= 0.6 is 23.2 Å².